The van der Waals surface area contributed by atoms with Gasteiger partial charge >= 0.3 is 0 Å². The van der Waals surface area contributed by atoms with Crippen LogP contribution in [0.2, 0.25) is 0 Å². The van der Waals surface area contributed by atoms with E-state index in [1.807, 2.05) is 11.0 Å². The minimum atomic E-state index is -0.273. The summed E-state index contributed by atoms with van der Waals surface area (Å²) in [6.45, 7) is 1.60. The van der Waals surface area contributed by atoms with Gasteiger partial charge in [-0.05, 0) is 55.3 Å². The Hall–Kier alpha value is -3.13. The van der Waals surface area contributed by atoms with Crippen molar-refractivity contribution in [2.75, 3.05) is 18.4 Å². The average molecular weight is 319 g/mol. The van der Waals surface area contributed by atoms with Gasteiger partial charge in [0.1, 0.15) is 0 Å². The molecule has 0 unspecified atom stereocenters. The normalized spacial score (nSPS) is 13.4. The Morgan fingerprint density at radius 2 is 1.67 bits per heavy atom. The molecule has 0 bridgehead atoms. The van der Waals surface area contributed by atoms with E-state index in [4.69, 9.17) is 5.26 Å². The number of likely N-dealkylation sites (tertiary alicyclic amines) is 1. The maximum atomic E-state index is 12.3. The number of nitrogens with one attached hydrogen (secondary N) is 1. The van der Waals surface area contributed by atoms with Crippen LogP contribution in [0.1, 0.15) is 39.1 Å². The number of anilines is 1. The van der Waals surface area contributed by atoms with E-state index in [1.165, 1.54) is 0 Å². The number of hydrogen-bond donors (Lipinski definition) is 1. The Balaban J connectivity index is 1.69. The summed E-state index contributed by atoms with van der Waals surface area (Å²) in [6, 6.07) is 15.4. The van der Waals surface area contributed by atoms with Crippen molar-refractivity contribution in [3.8, 4) is 6.07 Å². The zero-order chi connectivity index (χ0) is 16.9. The highest BCUT2D eigenvalue weighted by atomic mass is 16.2. The van der Waals surface area contributed by atoms with Crippen molar-refractivity contribution in [1.82, 2.24) is 4.90 Å². The largest absolute Gasteiger partial charge is 0.339 e. The van der Waals surface area contributed by atoms with Gasteiger partial charge in [-0.15, -0.1) is 0 Å². The second kappa shape index (κ2) is 6.97. The molecule has 1 saturated heterocycles. The number of nitriles is 1. The van der Waals surface area contributed by atoms with E-state index < -0.39 is 0 Å². The first kappa shape index (κ1) is 15.8. The smallest absolute Gasteiger partial charge is 0.255 e. The van der Waals surface area contributed by atoms with Crippen LogP contribution in [-0.2, 0) is 0 Å². The molecule has 2 aromatic carbocycles. The van der Waals surface area contributed by atoms with E-state index >= 15 is 0 Å². The quantitative estimate of drug-likeness (QED) is 0.945. The molecule has 120 valence electrons. The summed E-state index contributed by atoms with van der Waals surface area (Å²) in [5.74, 6) is -0.258. The fourth-order valence-corrected chi connectivity index (χ4v) is 2.74. The Morgan fingerprint density at radius 3 is 2.33 bits per heavy atom. The summed E-state index contributed by atoms with van der Waals surface area (Å²) in [6.07, 6.45) is 2.10. The molecule has 5 nitrogen and oxygen atoms in total. The molecule has 0 spiro atoms. The van der Waals surface area contributed by atoms with Gasteiger partial charge in [-0.3, -0.25) is 9.59 Å². The minimum Gasteiger partial charge on any atom is -0.339 e. The molecule has 0 aliphatic carbocycles. The highest BCUT2D eigenvalue weighted by molar-refractivity contribution is 6.05. The topological polar surface area (TPSA) is 73.2 Å². The van der Waals surface area contributed by atoms with Crippen molar-refractivity contribution < 1.29 is 9.59 Å². The molecule has 1 fully saturated rings. The molecule has 0 aromatic heterocycles. The van der Waals surface area contributed by atoms with E-state index in [2.05, 4.69) is 5.32 Å². The molecule has 1 heterocycles. The monoisotopic (exact) mass is 319 g/mol. The van der Waals surface area contributed by atoms with Gasteiger partial charge < -0.3 is 10.2 Å². The number of amides is 2. The van der Waals surface area contributed by atoms with Crippen molar-refractivity contribution in [3.05, 3.63) is 65.2 Å². The third-order valence-corrected chi connectivity index (χ3v) is 4.04. The van der Waals surface area contributed by atoms with Gasteiger partial charge in [0.15, 0.2) is 0 Å². The molecule has 1 aliphatic heterocycles. The summed E-state index contributed by atoms with van der Waals surface area (Å²) in [5.41, 5.74) is 2.12. The standard InChI is InChI=1S/C19H17N3O2/c20-13-14-4-3-5-17(12-14)21-18(23)15-6-8-16(9-7-15)19(24)22-10-1-2-11-22/h3-9,12H,1-2,10-11H2,(H,21,23). The third-order valence-electron chi connectivity index (χ3n) is 4.04. The van der Waals surface area contributed by atoms with Crippen LogP contribution in [0.15, 0.2) is 48.5 Å². The van der Waals surface area contributed by atoms with Crippen LogP contribution in [0.4, 0.5) is 5.69 Å². The zero-order valence-electron chi connectivity index (χ0n) is 13.2. The predicted molar refractivity (Wildman–Crippen MR) is 90.7 cm³/mol. The maximum absolute atomic E-state index is 12.3. The summed E-state index contributed by atoms with van der Waals surface area (Å²) >= 11 is 0. The van der Waals surface area contributed by atoms with Crippen LogP contribution >= 0.6 is 0 Å². The van der Waals surface area contributed by atoms with Crippen LogP contribution in [0, 0.1) is 11.3 Å². The molecule has 1 aliphatic rings. The molecular formula is C19H17N3O2. The molecule has 0 atom stereocenters. The number of rotatable bonds is 3. The van der Waals surface area contributed by atoms with E-state index in [0.717, 1.165) is 25.9 Å². The zero-order valence-corrected chi connectivity index (χ0v) is 13.2. The van der Waals surface area contributed by atoms with E-state index in [0.29, 0.717) is 22.4 Å². The van der Waals surface area contributed by atoms with Crippen molar-refractivity contribution in [2.24, 2.45) is 0 Å². The minimum absolute atomic E-state index is 0.0150. The number of hydrogen-bond acceptors (Lipinski definition) is 3. The number of benzene rings is 2. The highest BCUT2D eigenvalue weighted by Gasteiger charge is 2.19. The van der Waals surface area contributed by atoms with Gasteiger partial charge in [-0.25, -0.2) is 0 Å². The second-order valence-corrected chi connectivity index (χ2v) is 5.72. The van der Waals surface area contributed by atoms with Gasteiger partial charge in [0, 0.05) is 29.9 Å². The van der Waals surface area contributed by atoms with Crippen molar-refractivity contribution in [2.45, 2.75) is 12.8 Å². The SMILES string of the molecule is N#Cc1cccc(NC(=O)c2ccc(C(=O)N3CCCC3)cc2)c1. The Bertz CT molecular complexity index is 800. The summed E-state index contributed by atoms with van der Waals surface area (Å²) in [4.78, 5) is 26.4. The van der Waals surface area contributed by atoms with Gasteiger partial charge in [-0.1, -0.05) is 6.07 Å². The van der Waals surface area contributed by atoms with E-state index in [-0.39, 0.29) is 11.8 Å². The summed E-state index contributed by atoms with van der Waals surface area (Å²) < 4.78 is 0. The van der Waals surface area contributed by atoms with Crippen LogP contribution in [-0.4, -0.2) is 29.8 Å². The highest BCUT2D eigenvalue weighted by Crippen LogP contribution is 2.15. The molecule has 5 heteroatoms. The third kappa shape index (κ3) is 3.44. The van der Waals surface area contributed by atoms with Crippen LogP contribution < -0.4 is 5.32 Å². The van der Waals surface area contributed by atoms with Crippen LogP contribution in [0.3, 0.4) is 0 Å². The lowest BCUT2D eigenvalue weighted by Gasteiger charge is -2.15. The predicted octanol–water partition coefficient (Wildman–Crippen LogP) is 3.05. The van der Waals surface area contributed by atoms with E-state index in [9.17, 15) is 9.59 Å². The first-order valence-electron chi connectivity index (χ1n) is 7.88. The van der Waals surface area contributed by atoms with E-state index in [1.54, 1.807) is 48.5 Å². The number of carbonyl (C=O) groups is 2. The van der Waals surface area contributed by atoms with Crippen molar-refractivity contribution in [1.29, 1.82) is 5.26 Å². The first-order valence-corrected chi connectivity index (χ1v) is 7.88. The van der Waals surface area contributed by atoms with Crippen LogP contribution in [0.25, 0.3) is 0 Å². The van der Waals surface area contributed by atoms with Crippen molar-refractivity contribution >= 4 is 17.5 Å². The van der Waals surface area contributed by atoms with Gasteiger partial charge in [0.2, 0.25) is 0 Å². The Labute approximate surface area is 140 Å². The maximum Gasteiger partial charge on any atom is 0.255 e. The average Bonchev–Trinajstić information content (AvgIpc) is 3.16. The fraction of sp³-hybridized carbons (Fsp3) is 0.211. The molecule has 1 N–H and O–H groups in total. The Morgan fingerprint density at radius 1 is 1.00 bits per heavy atom. The second-order valence-electron chi connectivity index (χ2n) is 5.72. The number of nitrogens with zero attached hydrogens (tertiary/aromatic N) is 2. The van der Waals surface area contributed by atoms with Gasteiger partial charge in [0.25, 0.3) is 11.8 Å². The molecule has 24 heavy (non-hydrogen) atoms. The molecule has 3 rings (SSSR count). The number of carbonyl (C=O) groups excluding carboxylic acids is 2. The Kier molecular flexibility index (Phi) is 4.57. The fourth-order valence-electron chi connectivity index (χ4n) is 2.74. The first-order chi connectivity index (χ1) is 11.7. The molecule has 2 aromatic rings. The lowest BCUT2D eigenvalue weighted by Crippen LogP contribution is -2.27. The van der Waals surface area contributed by atoms with Crippen molar-refractivity contribution in [3.63, 3.8) is 0 Å². The molecule has 2 amide bonds. The lowest BCUT2D eigenvalue weighted by atomic mass is 10.1. The lowest BCUT2D eigenvalue weighted by molar-refractivity contribution is 0.0792. The van der Waals surface area contributed by atoms with Crippen LogP contribution in [0.5, 0.6) is 0 Å². The van der Waals surface area contributed by atoms with Gasteiger partial charge in [0.05, 0.1) is 11.6 Å². The van der Waals surface area contributed by atoms with Gasteiger partial charge in [-0.2, -0.15) is 5.26 Å². The molecule has 0 radical (unpaired) electrons. The summed E-state index contributed by atoms with van der Waals surface area (Å²) in [5, 5.41) is 11.6. The molecule has 0 saturated carbocycles. The summed E-state index contributed by atoms with van der Waals surface area (Å²) in [7, 11) is 0. The molecular weight excluding hydrogens is 302 g/mol.